The van der Waals surface area contributed by atoms with E-state index in [1.54, 1.807) is 19.1 Å². The fourth-order valence-corrected chi connectivity index (χ4v) is 4.53. The van der Waals surface area contributed by atoms with Crippen LogP contribution in [0.3, 0.4) is 0 Å². The number of anilines is 2. The van der Waals surface area contributed by atoms with Crippen molar-refractivity contribution in [2.75, 3.05) is 23.3 Å². The Morgan fingerprint density at radius 2 is 2.14 bits per heavy atom. The molecule has 3 aromatic rings. The Morgan fingerprint density at radius 1 is 1.32 bits per heavy atom. The molecular formula is C19H20ClN5O2S. The zero-order valence-corrected chi connectivity index (χ0v) is 17.2. The van der Waals surface area contributed by atoms with Gasteiger partial charge in [0.15, 0.2) is 0 Å². The lowest BCUT2D eigenvalue weighted by atomic mass is 9.97. The van der Waals surface area contributed by atoms with Crippen LogP contribution in [-0.4, -0.2) is 33.6 Å². The Balaban J connectivity index is 1.53. The summed E-state index contributed by atoms with van der Waals surface area (Å²) in [6.45, 7) is 5.08. The molecule has 1 unspecified atom stereocenters. The van der Waals surface area contributed by atoms with Crippen molar-refractivity contribution in [1.29, 1.82) is 0 Å². The number of carbonyl (C=O) groups excluding carboxylic acids is 1. The first kappa shape index (κ1) is 18.9. The van der Waals surface area contributed by atoms with Crippen molar-refractivity contribution in [3.63, 3.8) is 0 Å². The smallest absolute Gasteiger partial charge is 0.275 e. The molecule has 28 heavy (non-hydrogen) atoms. The van der Waals surface area contributed by atoms with Gasteiger partial charge < -0.3 is 10.2 Å². The number of aromatic nitrogens is 3. The van der Waals surface area contributed by atoms with Crippen molar-refractivity contribution in [2.24, 2.45) is 5.92 Å². The normalized spacial score (nSPS) is 17.1. The van der Waals surface area contributed by atoms with Gasteiger partial charge in [-0.15, -0.1) is 5.10 Å². The minimum absolute atomic E-state index is 0.0256. The van der Waals surface area contributed by atoms with E-state index in [2.05, 4.69) is 20.3 Å². The molecule has 0 spiro atoms. The van der Waals surface area contributed by atoms with E-state index in [1.807, 2.05) is 13.0 Å². The Labute approximate surface area is 171 Å². The number of nitrogens with one attached hydrogen (secondary N) is 1. The molecule has 3 heterocycles. The minimum Gasteiger partial charge on any atom is -0.346 e. The third kappa shape index (κ3) is 3.74. The molecule has 1 aliphatic rings. The van der Waals surface area contributed by atoms with Crippen molar-refractivity contribution in [3.05, 3.63) is 50.9 Å². The van der Waals surface area contributed by atoms with Gasteiger partial charge in [0.05, 0.1) is 5.92 Å². The highest BCUT2D eigenvalue weighted by molar-refractivity contribution is 7.20. The monoisotopic (exact) mass is 417 g/mol. The molecule has 1 saturated heterocycles. The fourth-order valence-electron chi connectivity index (χ4n) is 3.37. The van der Waals surface area contributed by atoms with E-state index < -0.39 is 0 Å². The van der Waals surface area contributed by atoms with E-state index in [9.17, 15) is 9.59 Å². The zero-order chi connectivity index (χ0) is 19.8. The van der Waals surface area contributed by atoms with Gasteiger partial charge in [0.2, 0.25) is 16.0 Å². The van der Waals surface area contributed by atoms with Crippen LogP contribution in [0.2, 0.25) is 5.02 Å². The van der Waals surface area contributed by atoms with E-state index in [-0.39, 0.29) is 17.4 Å². The number of hydrogen-bond acceptors (Lipinski definition) is 6. The number of piperidine rings is 1. The Bertz CT molecular complexity index is 1110. The third-order valence-electron chi connectivity index (χ3n) is 4.88. The molecule has 0 saturated carbocycles. The zero-order valence-electron chi connectivity index (χ0n) is 15.6. The van der Waals surface area contributed by atoms with Crippen LogP contribution in [0.15, 0.2) is 29.1 Å². The van der Waals surface area contributed by atoms with Gasteiger partial charge in [-0.05, 0) is 44.4 Å². The quantitative estimate of drug-likeness (QED) is 0.707. The first-order chi connectivity index (χ1) is 13.4. The largest absolute Gasteiger partial charge is 0.346 e. The Hall–Kier alpha value is -2.45. The Kier molecular flexibility index (Phi) is 5.07. The van der Waals surface area contributed by atoms with Crippen molar-refractivity contribution in [2.45, 2.75) is 26.7 Å². The number of aryl methyl sites for hydroxylation is 2. The van der Waals surface area contributed by atoms with Gasteiger partial charge in [-0.1, -0.05) is 29.0 Å². The first-order valence-electron chi connectivity index (χ1n) is 9.10. The average Bonchev–Trinajstić information content (AvgIpc) is 3.09. The van der Waals surface area contributed by atoms with Crippen LogP contribution in [-0.2, 0) is 4.79 Å². The summed E-state index contributed by atoms with van der Waals surface area (Å²) in [5, 5.41) is 8.72. The first-order valence-corrected chi connectivity index (χ1v) is 10.3. The van der Waals surface area contributed by atoms with E-state index in [0.717, 1.165) is 30.6 Å². The highest BCUT2D eigenvalue weighted by Crippen LogP contribution is 2.28. The second kappa shape index (κ2) is 7.52. The topological polar surface area (TPSA) is 79.6 Å². The summed E-state index contributed by atoms with van der Waals surface area (Å²) in [5.74, 6) is -0.187. The van der Waals surface area contributed by atoms with Gasteiger partial charge in [-0.25, -0.2) is 4.98 Å². The number of carbonyl (C=O) groups is 1. The van der Waals surface area contributed by atoms with Gasteiger partial charge >= 0.3 is 0 Å². The van der Waals surface area contributed by atoms with Gasteiger partial charge in [-0.2, -0.15) is 4.52 Å². The predicted molar refractivity (Wildman–Crippen MR) is 112 cm³/mol. The second-order valence-electron chi connectivity index (χ2n) is 7.05. The van der Waals surface area contributed by atoms with Crippen LogP contribution in [0.5, 0.6) is 0 Å². The fraction of sp³-hybridized carbons (Fsp3) is 0.368. The molecule has 7 nitrogen and oxygen atoms in total. The summed E-state index contributed by atoms with van der Waals surface area (Å²) < 4.78 is 1.33. The van der Waals surface area contributed by atoms with E-state index in [4.69, 9.17) is 11.6 Å². The standard InChI is InChI=1S/C19H20ClN5O2S/c1-11-5-6-14(20)9-15(11)22-17(27)13-4-3-7-24(10-13)19-23-25-16(26)8-12(2)21-18(25)28-19/h5-6,8-9,13H,3-4,7,10H2,1-2H3,(H,22,27). The summed E-state index contributed by atoms with van der Waals surface area (Å²) in [4.78, 5) is 31.9. The van der Waals surface area contributed by atoms with E-state index in [0.29, 0.717) is 27.4 Å². The van der Waals surface area contributed by atoms with Crippen molar-refractivity contribution in [3.8, 4) is 0 Å². The van der Waals surface area contributed by atoms with Gasteiger partial charge in [0, 0.05) is 35.6 Å². The second-order valence-corrected chi connectivity index (χ2v) is 8.42. The summed E-state index contributed by atoms with van der Waals surface area (Å²) in [6, 6.07) is 6.93. The highest BCUT2D eigenvalue weighted by Gasteiger charge is 2.28. The predicted octanol–water partition coefficient (Wildman–Crippen LogP) is 3.28. The Morgan fingerprint density at radius 3 is 2.96 bits per heavy atom. The van der Waals surface area contributed by atoms with Crippen LogP contribution in [0, 0.1) is 19.8 Å². The number of fused-ring (bicyclic) bond motifs is 1. The number of amides is 1. The summed E-state index contributed by atoms with van der Waals surface area (Å²) in [7, 11) is 0. The molecule has 4 rings (SSSR count). The highest BCUT2D eigenvalue weighted by atomic mass is 35.5. The van der Waals surface area contributed by atoms with Crippen LogP contribution in [0.4, 0.5) is 10.8 Å². The molecule has 1 aliphatic heterocycles. The maximum atomic E-state index is 12.8. The molecule has 1 N–H and O–H groups in total. The van der Waals surface area contributed by atoms with E-state index >= 15 is 0 Å². The van der Waals surface area contributed by atoms with Gasteiger partial charge in [-0.3, -0.25) is 9.59 Å². The molecule has 146 valence electrons. The number of benzene rings is 1. The SMILES string of the molecule is Cc1cc(=O)n2nc(N3CCCC(C(=O)Nc4cc(Cl)ccc4C)C3)sc2n1. The molecule has 1 fully saturated rings. The average molecular weight is 418 g/mol. The molecule has 1 atom stereocenters. The van der Waals surface area contributed by atoms with Crippen LogP contribution >= 0.6 is 22.9 Å². The van der Waals surface area contributed by atoms with Crippen LogP contribution in [0.1, 0.15) is 24.1 Å². The minimum atomic E-state index is -0.187. The van der Waals surface area contributed by atoms with E-state index in [1.165, 1.54) is 21.9 Å². The number of hydrogen-bond donors (Lipinski definition) is 1. The molecule has 9 heteroatoms. The van der Waals surface area contributed by atoms with Crippen molar-refractivity contribution in [1.82, 2.24) is 14.6 Å². The van der Waals surface area contributed by atoms with Crippen molar-refractivity contribution >= 4 is 44.6 Å². The van der Waals surface area contributed by atoms with Gasteiger partial charge in [0.1, 0.15) is 0 Å². The molecule has 1 amide bonds. The third-order valence-corrected chi connectivity index (χ3v) is 6.09. The van der Waals surface area contributed by atoms with Crippen LogP contribution in [0.25, 0.3) is 4.96 Å². The van der Waals surface area contributed by atoms with Crippen molar-refractivity contribution < 1.29 is 4.79 Å². The summed E-state index contributed by atoms with van der Waals surface area (Å²) >= 11 is 7.42. The molecule has 1 aromatic carbocycles. The molecule has 0 aliphatic carbocycles. The number of rotatable bonds is 3. The maximum absolute atomic E-state index is 12.8. The molecular weight excluding hydrogens is 398 g/mol. The maximum Gasteiger partial charge on any atom is 0.275 e. The van der Waals surface area contributed by atoms with Crippen LogP contribution < -0.4 is 15.8 Å². The lowest BCUT2D eigenvalue weighted by Crippen LogP contribution is -2.41. The lowest BCUT2D eigenvalue weighted by molar-refractivity contribution is -0.120. The summed E-state index contributed by atoms with van der Waals surface area (Å²) in [6.07, 6.45) is 1.69. The molecule has 2 aromatic heterocycles. The number of nitrogens with zero attached hydrogens (tertiary/aromatic N) is 4. The number of halogens is 1. The molecule has 0 radical (unpaired) electrons. The summed E-state index contributed by atoms with van der Waals surface area (Å²) in [5.41, 5.74) is 2.19. The lowest BCUT2D eigenvalue weighted by Gasteiger charge is -2.31. The van der Waals surface area contributed by atoms with Gasteiger partial charge in [0.25, 0.3) is 5.56 Å². The molecule has 0 bridgehead atoms.